The van der Waals surface area contributed by atoms with E-state index in [4.69, 9.17) is 18.5 Å². The first-order chi connectivity index (χ1) is 26.0. The SMILES string of the molecule is CCCCCC/C=C\CCCCCCCC(=O)OC[C@H](COP(=O)([O-])OCC[N+](C)(C)C)OC(=O)CCCCCCCCCCCCCCCCCCC. The molecule has 0 aliphatic heterocycles. The first-order valence-corrected chi connectivity index (χ1v) is 23.9. The number of quaternary nitrogens is 1. The Bertz CT molecular complexity index is 938. The molecule has 0 heterocycles. The summed E-state index contributed by atoms with van der Waals surface area (Å²) in [5.74, 6) is -0.835. The molecule has 9 nitrogen and oxygen atoms in total. The first-order valence-electron chi connectivity index (χ1n) is 22.4. The number of allylic oxidation sites excluding steroid dienone is 2. The average molecular weight is 788 g/mol. The highest BCUT2D eigenvalue weighted by Crippen LogP contribution is 2.38. The van der Waals surface area contributed by atoms with E-state index in [2.05, 4.69) is 26.0 Å². The van der Waals surface area contributed by atoms with Crippen LogP contribution in [0.25, 0.3) is 0 Å². The maximum Gasteiger partial charge on any atom is 0.306 e. The topological polar surface area (TPSA) is 111 Å². The smallest absolute Gasteiger partial charge is 0.306 e. The summed E-state index contributed by atoms with van der Waals surface area (Å²) in [7, 11) is 1.17. The molecule has 0 spiro atoms. The molecule has 0 rings (SSSR count). The highest BCUT2D eigenvalue weighted by molar-refractivity contribution is 7.45. The number of ether oxygens (including phenoxy) is 2. The Morgan fingerprint density at radius 2 is 0.944 bits per heavy atom. The van der Waals surface area contributed by atoms with Gasteiger partial charge in [0.15, 0.2) is 6.10 Å². The van der Waals surface area contributed by atoms with Crippen LogP contribution >= 0.6 is 7.82 Å². The number of nitrogens with zero attached hydrogens (tertiary/aromatic N) is 1. The Balaban J connectivity index is 4.32. The van der Waals surface area contributed by atoms with Crippen molar-refractivity contribution >= 4 is 19.8 Å². The summed E-state index contributed by atoms with van der Waals surface area (Å²) in [6.45, 7) is 4.23. The Kier molecular flexibility index (Phi) is 36.5. The molecular formula is C44H86NO8P. The van der Waals surface area contributed by atoms with E-state index in [1.165, 1.54) is 122 Å². The predicted molar refractivity (Wildman–Crippen MR) is 222 cm³/mol. The van der Waals surface area contributed by atoms with E-state index in [9.17, 15) is 19.0 Å². The van der Waals surface area contributed by atoms with Gasteiger partial charge in [-0.25, -0.2) is 0 Å². The van der Waals surface area contributed by atoms with Crippen molar-refractivity contribution in [2.24, 2.45) is 0 Å². The number of carbonyl (C=O) groups is 2. The normalized spacial score (nSPS) is 13.7. The van der Waals surface area contributed by atoms with Gasteiger partial charge < -0.3 is 27.9 Å². The van der Waals surface area contributed by atoms with Crippen LogP contribution in [0.15, 0.2) is 12.2 Å². The van der Waals surface area contributed by atoms with Crippen LogP contribution in [-0.2, 0) is 32.7 Å². The lowest BCUT2D eigenvalue weighted by Crippen LogP contribution is -2.37. The average Bonchev–Trinajstić information content (AvgIpc) is 3.12. The lowest BCUT2D eigenvalue weighted by atomic mass is 10.0. The molecule has 0 bridgehead atoms. The van der Waals surface area contributed by atoms with Gasteiger partial charge in [0.2, 0.25) is 0 Å². The van der Waals surface area contributed by atoms with Crippen LogP contribution in [0.2, 0.25) is 0 Å². The summed E-state index contributed by atoms with van der Waals surface area (Å²) in [5, 5.41) is 0. The second kappa shape index (κ2) is 37.3. The van der Waals surface area contributed by atoms with Crippen LogP contribution < -0.4 is 4.89 Å². The van der Waals surface area contributed by atoms with Gasteiger partial charge in [0.25, 0.3) is 7.82 Å². The van der Waals surface area contributed by atoms with Crippen molar-refractivity contribution in [2.45, 2.75) is 213 Å². The zero-order valence-electron chi connectivity index (χ0n) is 35.9. The Labute approximate surface area is 333 Å². The Morgan fingerprint density at radius 1 is 0.556 bits per heavy atom. The molecule has 0 aromatic carbocycles. The van der Waals surface area contributed by atoms with Crippen LogP contribution in [0.4, 0.5) is 0 Å². The monoisotopic (exact) mass is 788 g/mol. The fourth-order valence-electron chi connectivity index (χ4n) is 6.24. The van der Waals surface area contributed by atoms with Gasteiger partial charge in [-0.3, -0.25) is 14.2 Å². The number of likely N-dealkylation sites (N-methyl/N-ethyl adjacent to an activating group) is 1. The zero-order chi connectivity index (χ0) is 40.0. The molecule has 1 unspecified atom stereocenters. The van der Waals surface area contributed by atoms with Gasteiger partial charge >= 0.3 is 11.9 Å². The summed E-state index contributed by atoms with van der Waals surface area (Å²) >= 11 is 0. The summed E-state index contributed by atoms with van der Waals surface area (Å²) in [6.07, 6.45) is 38.0. The number of esters is 2. The number of carbonyl (C=O) groups excluding carboxylic acids is 2. The van der Waals surface area contributed by atoms with Gasteiger partial charge in [-0.15, -0.1) is 0 Å². The second-order valence-electron chi connectivity index (χ2n) is 16.4. The molecular weight excluding hydrogens is 701 g/mol. The van der Waals surface area contributed by atoms with Crippen molar-refractivity contribution in [1.82, 2.24) is 0 Å². The number of rotatable bonds is 41. The Morgan fingerprint density at radius 3 is 1.39 bits per heavy atom. The highest BCUT2D eigenvalue weighted by Gasteiger charge is 2.21. The lowest BCUT2D eigenvalue weighted by molar-refractivity contribution is -0.870. The maximum atomic E-state index is 12.7. The molecule has 10 heteroatoms. The predicted octanol–water partition coefficient (Wildman–Crippen LogP) is 11.9. The molecule has 0 aliphatic rings. The summed E-state index contributed by atoms with van der Waals surface area (Å²) in [6, 6.07) is 0. The molecule has 54 heavy (non-hydrogen) atoms. The van der Waals surface area contributed by atoms with Crippen LogP contribution in [0.1, 0.15) is 206 Å². The molecule has 0 aromatic heterocycles. The molecule has 0 saturated heterocycles. The van der Waals surface area contributed by atoms with Crippen molar-refractivity contribution in [1.29, 1.82) is 0 Å². The zero-order valence-corrected chi connectivity index (χ0v) is 36.8. The van der Waals surface area contributed by atoms with Crippen LogP contribution in [-0.4, -0.2) is 70.0 Å². The van der Waals surface area contributed by atoms with Gasteiger partial charge in [-0.1, -0.05) is 167 Å². The fourth-order valence-corrected chi connectivity index (χ4v) is 6.97. The number of unbranched alkanes of at least 4 members (excludes halogenated alkanes) is 25. The van der Waals surface area contributed by atoms with Crippen molar-refractivity contribution < 1.29 is 42.1 Å². The first kappa shape index (κ1) is 52.8. The second-order valence-corrected chi connectivity index (χ2v) is 17.8. The quantitative estimate of drug-likeness (QED) is 0.0198. The van der Waals surface area contributed by atoms with Crippen LogP contribution in [0, 0.1) is 0 Å². The summed E-state index contributed by atoms with van der Waals surface area (Å²) in [5.41, 5.74) is 0. The van der Waals surface area contributed by atoms with Gasteiger partial charge in [-0.05, 0) is 38.5 Å². The van der Waals surface area contributed by atoms with Crippen molar-refractivity contribution in [3.05, 3.63) is 12.2 Å². The number of hydrogen-bond donors (Lipinski definition) is 0. The van der Waals surface area contributed by atoms with E-state index in [-0.39, 0.29) is 32.0 Å². The van der Waals surface area contributed by atoms with Gasteiger partial charge in [0.1, 0.15) is 19.8 Å². The molecule has 320 valence electrons. The third kappa shape index (κ3) is 40.4. The van der Waals surface area contributed by atoms with Gasteiger partial charge in [-0.2, -0.15) is 0 Å². The third-order valence-electron chi connectivity index (χ3n) is 9.79. The molecule has 0 radical (unpaired) electrons. The minimum Gasteiger partial charge on any atom is -0.756 e. The fraction of sp³-hybridized carbons (Fsp3) is 0.909. The van der Waals surface area contributed by atoms with Crippen molar-refractivity contribution in [3.63, 3.8) is 0 Å². The maximum absolute atomic E-state index is 12.7. The van der Waals surface area contributed by atoms with E-state index in [0.29, 0.717) is 17.4 Å². The van der Waals surface area contributed by atoms with Gasteiger partial charge in [0, 0.05) is 12.8 Å². The molecule has 0 N–H and O–H groups in total. The van der Waals surface area contributed by atoms with E-state index in [1.807, 2.05) is 21.1 Å². The van der Waals surface area contributed by atoms with Crippen LogP contribution in [0.3, 0.4) is 0 Å². The minimum absolute atomic E-state index is 0.0289. The van der Waals surface area contributed by atoms with Gasteiger partial charge in [0.05, 0.1) is 27.7 Å². The summed E-state index contributed by atoms with van der Waals surface area (Å²) < 4.78 is 33.9. The van der Waals surface area contributed by atoms with Crippen molar-refractivity contribution in [2.75, 3.05) is 47.5 Å². The largest absolute Gasteiger partial charge is 0.756 e. The standard InChI is InChI=1S/C44H86NO8P/c1-6-8-10-12-14-16-18-20-21-22-23-25-27-29-31-33-35-37-44(47)53-42(41-52-54(48,49)51-39-38-45(3,4)5)40-50-43(46)36-34-32-30-28-26-24-19-17-15-13-11-9-7-2/h17,19,42H,6-16,18,20-41H2,1-5H3/b19-17-/t42-/m1/s1. The molecule has 0 aliphatic carbocycles. The Hall–Kier alpha value is -1.25. The highest BCUT2D eigenvalue weighted by atomic mass is 31.2. The molecule has 0 aromatic rings. The minimum atomic E-state index is -4.62. The summed E-state index contributed by atoms with van der Waals surface area (Å²) in [4.78, 5) is 37.5. The van der Waals surface area contributed by atoms with Crippen LogP contribution in [0.5, 0.6) is 0 Å². The molecule has 0 saturated carbocycles. The lowest BCUT2D eigenvalue weighted by Gasteiger charge is -2.28. The third-order valence-corrected chi connectivity index (χ3v) is 10.7. The molecule has 0 fully saturated rings. The van der Waals surface area contributed by atoms with Crippen molar-refractivity contribution in [3.8, 4) is 0 Å². The van der Waals surface area contributed by atoms with E-state index >= 15 is 0 Å². The number of phosphoric acid groups is 1. The number of phosphoric ester groups is 1. The van der Waals surface area contributed by atoms with E-state index in [0.717, 1.165) is 51.4 Å². The molecule has 0 amide bonds. The van der Waals surface area contributed by atoms with E-state index < -0.39 is 26.5 Å². The van der Waals surface area contributed by atoms with E-state index in [1.54, 1.807) is 0 Å². The number of hydrogen-bond acceptors (Lipinski definition) is 8. The molecule has 2 atom stereocenters.